The number of nitrogens with one attached hydrogen (secondary N) is 1. The van der Waals surface area contributed by atoms with Gasteiger partial charge in [0.05, 0.1) is 6.04 Å². The fraction of sp³-hybridized carbons (Fsp3) is 0.667. The van der Waals surface area contributed by atoms with Crippen molar-refractivity contribution in [1.29, 1.82) is 0 Å². The van der Waals surface area contributed by atoms with E-state index in [1.807, 2.05) is 6.08 Å². The predicted molar refractivity (Wildman–Crippen MR) is 61.9 cm³/mol. The molecule has 84 valence electrons. The van der Waals surface area contributed by atoms with Crippen LogP contribution in [0, 0.1) is 0 Å². The Hall–Kier alpha value is -0.890. The van der Waals surface area contributed by atoms with Crippen LogP contribution in [0.25, 0.3) is 0 Å². The minimum Gasteiger partial charge on any atom is -0.307 e. The lowest BCUT2D eigenvalue weighted by molar-refractivity contribution is -0.118. The lowest BCUT2D eigenvalue weighted by atomic mass is 10.1. The summed E-state index contributed by atoms with van der Waals surface area (Å²) in [6.07, 6.45) is 4.54. The Morgan fingerprint density at radius 2 is 2.47 bits per heavy atom. The standard InChI is InChI=1S/C12H20N2O/c1-3-4-5-9-14(2)10-7-11-12(15)6-8-13-11/h4,11,13H,1,5-10H2,2H3. The van der Waals surface area contributed by atoms with Crippen molar-refractivity contribution in [2.24, 2.45) is 0 Å². The van der Waals surface area contributed by atoms with Gasteiger partial charge in [0.2, 0.25) is 0 Å². The molecule has 1 saturated heterocycles. The Balaban J connectivity index is 2.13. The molecule has 1 rings (SSSR count). The normalized spacial score (nSPS) is 20.7. The molecule has 1 N–H and O–H groups in total. The molecule has 0 radical (unpaired) electrons. The van der Waals surface area contributed by atoms with Crippen LogP contribution in [-0.4, -0.2) is 43.4 Å². The van der Waals surface area contributed by atoms with Crippen LogP contribution in [0.4, 0.5) is 0 Å². The maximum absolute atomic E-state index is 11.3. The Morgan fingerprint density at radius 3 is 3.07 bits per heavy atom. The number of ketones is 1. The second kappa shape index (κ2) is 6.57. The zero-order chi connectivity index (χ0) is 11.1. The predicted octanol–water partition coefficient (Wildman–Crippen LogP) is 0.970. The van der Waals surface area contributed by atoms with Crippen molar-refractivity contribution in [3.8, 4) is 0 Å². The maximum Gasteiger partial charge on any atom is 0.151 e. The van der Waals surface area contributed by atoms with E-state index in [9.17, 15) is 4.79 Å². The van der Waals surface area contributed by atoms with Crippen LogP contribution in [-0.2, 0) is 4.79 Å². The maximum atomic E-state index is 11.3. The SMILES string of the molecule is C=C=CCCN(C)CCC1NCCC1=O. The molecule has 3 heteroatoms. The first-order chi connectivity index (χ1) is 7.24. The van der Waals surface area contributed by atoms with Crippen LogP contribution < -0.4 is 5.32 Å². The highest BCUT2D eigenvalue weighted by Gasteiger charge is 2.23. The summed E-state index contributed by atoms with van der Waals surface area (Å²) in [6.45, 7) is 6.35. The molecular weight excluding hydrogens is 188 g/mol. The first-order valence-electron chi connectivity index (χ1n) is 5.53. The number of carbonyl (C=O) groups excluding carboxylic acids is 1. The molecule has 0 spiro atoms. The Labute approximate surface area is 91.8 Å². The van der Waals surface area contributed by atoms with Crippen molar-refractivity contribution in [3.05, 3.63) is 18.4 Å². The van der Waals surface area contributed by atoms with Crippen molar-refractivity contribution < 1.29 is 4.79 Å². The van der Waals surface area contributed by atoms with Crippen molar-refractivity contribution in [3.63, 3.8) is 0 Å². The minimum absolute atomic E-state index is 0.0994. The van der Waals surface area contributed by atoms with Crippen LogP contribution in [0.1, 0.15) is 19.3 Å². The van der Waals surface area contributed by atoms with E-state index in [1.54, 1.807) is 0 Å². The Bertz CT molecular complexity index is 256. The van der Waals surface area contributed by atoms with Gasteiger partial charge in [-0.25, -0.2) is 0 Å². The van der Waals surface area contributed by atoms with Gasteiger partial charge in [0.15, 0.2) is 5.78 Å². The number of hydrogen-bond donors (Lipinski definition) is 1. The molecule has 15 heavy (non-hydrogen) atoms. The fourth-order valence-electron chi connectivity index (χ4n) is 1.77. The third-order valence-corrected chi connectivity index (χ3v) is 2.75. The molecular formula is C12H20N2O. The molecule has 0 bridgehead atoms. The number of Topliss-reactive ketones (excluding diaryl/α,β-unsaturated/α-hetero) is 1. The molecule has 1 aliphatic rings. The van der Waals surface area contributed by atoms with Crippen LogP contribution in [0.2, 0.25) is 0 Å². The van der Waals surface area contributed by atoms with E-state index in [-0.39, 0.29) is 6.04 Å². The molecule has 1 fully saturated rings. The molecule has 0 aromatic rings. The summed E-state index contributed by atoms with van der Waals surface area (Å²) in [5.74, 6) is 0.370. The van der Waals surface area contributed by atoms with Gasteiger partial charge in [-0.05, 0) is 32.5 Å². The van der Waals surface area contributed by atoms with Crippen molar-refractivity contribution in [2.45, 2.75) is 25.3 Å². The highest BCUT2D eigenvalue weighted by atomic mass is 16.1. The summed E-state index contributed by atoms with van der Waals surface area (Å²) in [4.78, 5) is 13.6. The molecule has 0 aliphatic carbocycles. The zero-order valence-corrected chi connectivity index (χ0v) is 9.46. The zero-order valence-electron chi connectivity index (χ0n) is 9.46. The molecule has 0 aromatic heterocycles. The molecule has 1 aliphatic heterocycles. The van der Waals surface area contributed by atoms with Gasteiger partial charge in [0.1, 0.15) is 0 Å². The van der Waals surface area contributed by atoms with E-state index in [1.165, 1.54) is 0 Å². The average Bonchev–Trinajstić information content (AvgIpc) is 2.61. The van der Waals surface area contributed by atoms with E-state index < -0.39 is 0 Å². The summed E-state index contributed by atoms with van der Waals surface area (Å²) in [5, 5.41) is 3.22. The van der Waals surface area contributed by atoms with Crippen LogP contribution in [0.3, 0.4) is 0 Å². The molecule has 0 amide bonds. The highest BCUT2D eigenvalue weighted by Crippen LogP contribution is 2.05. The molecule has 1 heterocycles. The average molecular weight is 208 g/mol. The van der Waals surface area contributed by atoms with Gasteiger partial charge in [-0.15, -0.1) is 5.73 Å². The van der Waals surface area contributed by atoms with E-state index in [0.29, 0.717) is 12.2 Å². The molecule has 3 nitrogen and oxygen atoms in total. The van der Waals surface area contributed by atoms with Gasteiger partial charge < -0.3 is 10.2 Å². The summed E-state index contributed by atoms with van der Waals surface area (Å²) < 4.78 is 0. The lowest BCUT2D eigenvalue weighted by Crippen LogP contribution is -2.32. The van der Waals surface area contributed by atoms with E-state index >= 15 is 0 Å². The van der Waals surface area contributed by atoms with Gasteiger partial charge in [0, 0.05) is 19.5 Å². The molecule has 1 unspecified atom stereocenters. The van der Waals surface area contributed by atoms with E-state index in [0.717, 1.165) is 32.5 Å². The summed E-state index contributed by atoms with van der Waals surface area (Å²) in [5.41, 5.74) is 2.76. The third kappa shape index (κ3) is 4.43. The first kappa shape index (κ1) is 12.2. The smallest absolute Gasteiger partial charge is 0.151 e. The second-order valence-electron chi connectivity index (χ2n) is 4.01. The van der Waals surface area contributed by atoms with Gasteiger partial charge >= 0.3 is 0 Å². The highest BCUT2D eigenvalue weighted by molar-refractivity contribution is 5.86. The van der Waals surface area contributed by atoms with Gasteiger partial charge in [-0.2, -0.15) is 0 Å². The number of hydrogen-bond acceptors (Lipinski definition) is 3. The first-order valence-corrected chi connectivity index (χ1v) is 5.53. The monoisotopic (exact) mass is 208 g/mol. The van der Waals surface area contributed by atoms with Crippen LogP contribution in [0.15, 0.2) is 18.4 Å². The van der Waals surface area contributed by atoms with Gasteiger partial charge in [-0.1, -0.05) is 6.58 Å². The lowest BCUT2D eigenvalue weighted by Gasteiger charge is -2.17. The summed E-state index contributed by atoms with van der Waals surface area (Å²) in [7, 11) is 2.08. The largest absolute Gasteiger partial charge is 0.307 e. The number of carbonyl (C=O) groups is 1. The summed E-state index contributed by atoms with van der Waals surface area (Å²) in [6, 6.07) is 0.0994. The number of nitrogens with zero attached hydrogens (tertiary/aromatic N) is 1. The van der Waals surface area contributed by atoms with Crippen LogP contribution >= 0.6 is 0 Å². The van der Waals surface area contributed by atoms with E-state index in [4.69, 9.17) is 0 Å². The van der Waals surface area contributed by atoms with Crippen molar-refractivity contribution in [2.75, 3.05) is 26.7 Å². The third-order valence-electron chi connectivity index (χ3n) is 2.75. The molecule has 0 saturated carbocycles. The van der Waals surface area contributed by atoms with Crippen molar-refractivity contribution >= 4 is 5.78 Å². The Kier molecular flexibility index (Phi) is 5.33. The van der Waals surface area contributed by atoms with E-state index in [2.05, 4.69) is 29.6 Å². The van der Waals surface area contributed by atoms with Gasteiger partial charge in [0.25, 0.3) is 0 Å². The number of rotatable bonds is 6. The topological polar surface area (TPSA) is 32.3 Å². The summed E-state index contributed by atoms with van der Waals surface area (Å²) >= 11 is 0. The second-order valence-corrected chi connectivity index (χ2v) is 4.01. The Morgan fingerprint density at radius 1 is 1.67 bits per heavy atom. The van der Waals surface area contributed by atoms with Crippen LogP contribution in [0.5, 0.6) is 0 Å². The quantitative estimate of drug-likeness (QED) is 0.660. The molecule has 0 aromatic carbocycles. The minimum atomic E-state index is 0.0994. The molecule has 1 atom stereocenters. The fourth-order valence-corrected chi connectivity index (χ4v) is 1.77. The van der Waals surface area contributed by atoms with Crippen molar-refractivity contribution in [1.82, 2.24) is 10.2 Å². The van der Waals surface area contributed by atoms with Gasteiger partial charge in [-0.3, -0.25) is 4.79 Å².